The van der Waals surface area contributed by atoms with Gasteiger partial charge in [-0.1, -0.05) is 19.3 Å². The smallest absolute Gasteiger partial charge is 0.124 e. The van der Waals surface area contributed by atoms with Crippen molar-refractivity contribution in [2.24, 2.45) is 0 Å². The van der Waals surface area contributed by atoms with Crippen LogP contribution in [0.4, 0.5) is 0 Å². The summed E-state index contributed by atoms with van der Waals surface area (Å²) >= 11 is 0. The van der Waals surface area contributed by atoms with Gasteiger partial charge in [-0.3, -0.25) is 4.90 Å². The third-order valence-corrected chi connectivity index (χ3v) is 6.34. The second-order valence-electron chi connectivity index (χ2n) is 8.68. The van der Waals surface area contributed by atoms with Crippen molar-refractivity contribution in [1.29, 1.82) is 0 Å². The highest BCUT2D eigenvalue weighted by Crippen LogP contribution is 2.28. The number of benzene rings is 1. The Morgan fingerprint density at radius 2 is 1.86 bits per heavy atom. The maximum absolute atomic E-state index is 10.4. The molecule has 2 N–H and O–H groups in total. The van der Waals surface area contributed by atoms with Crippen LogP contribution in [0.15, 0.2) is 18.2 Å². The third-order valence-electron chi connectivity index (χ3n) is 6.34. The van der Waals surface area contributed by atoms with Crippen molar-refractivity contribution in [3.8, 4) is 11.5 Å². The molecule has 3 rings (SSSR count). The maximum Gasteiger partial charge on any atom is 0.124 e. The molecule has 1 saturated heterocycles. The van der Waals surface area contributed by atoms with Gasteiger partial charge < -0.3 is 24.6 Å². The molecule has 0 aromatic heterocycles. The van der Waals surface area contributed by atoms with Crippen molar-refractivity contribution in [3.63, 3.8) is 0 Å². The van der Waals surface area contributed by atoms with Crippen LogP contribution in [-0.2, 0) is 6.54 Å². The van der Waals surface area contributed by atoms with Gasteiger partial charge in [0.2, 0.25) is 0 Å². The first-order chi connectivity index (χ1) is 14.0. The molecule has 0 unspecified atom stereocenters. The van der Waals surface area contributed by atoms with E-state index in [0.717, 1.165) is 49.5 Å². The second kappa shape index (κ2) is 11.2. The van der Waals surface area contributed by atoms with Crippen molar-refractivity contribution >= 4 is 0 Å². The Labute approximate surface area is 175 Å². The Hall–Kier alpha value is -1.34. The molecule has 1 heterocycles. The van der Waals surface area contributed by atoms with Crippen LogP contribution in [-0.4, -0.2) is 78.7 Å². The van der Waals surface area contributed by atoms with Crippen LogP contribution in [0.25, 0.3) is 0 Å². The van der Waals surface area contributed by atoms with Gasteiger partial charge in [-0.15, -0.1) is 0 Å². The van der Waals surface area contributed by atoms with E-state index in [1.807, 2.05) is 18.2 Å². The van der Waals surface area contributed by atoms with Crippen molar-refractivity contribution in [2.75, 3.05) is 40.4 Å². The van der Waals surface area contributed by atoms with Crippen molar-refractivity contribution in [2.45, 2.75) is 69.7 Å². The van der Waals surface area contributed by atoms with Gasteiger partial charge in [0.1, 0.15) is 24.2 Å². The largest absolute Gasteiger partial charge is 0.497 e. The number of methoxy groups -OCH3 is 1. The summed E-state index contributed by atoms with van der Waals surface area (Å²) in [5, 5.41) is 20.1. The molecule has 0 bridgehead atoms. The maximum atomic E-state index is 10.4. The van der Waals surface area contributed by atoms with E-state index in [2.05, 4.69) is 16.8 Å². The zero-order chi connectivity index (χ0) is 20.6. The van der Waals surface area contributed by atoms with Gasteiger partial charge in [0.25, 0.3) is 0 Å². The number of likely N-dealkylation sites (tertiary alicyclic amines) is 1. The zero-order valence-electron chi connectivity index (χ0n) is 18.1. The molecule has 6 nitrogen and oxygen atoms in total. The lowest BCUT2D eigenvalue weighted by atomic mass is 9.94. The molecule has 1 aromatic carbocycles. The summed E-state index contributed by atoms with van der Waals surface area (Å²) in [7, 11) is 3.88. The number of β-amino-alcohol motifs (C(OH)–C–C–N with tert-alkyl or cyclic N) is 1. The molecule has 1 atom stereocenters. The van der Waals surface area contributed by atoms with E-state index in [1.165, 1.54) is 32.1 Å². The number of hydrogen-bond donors (Lipinski definition) is 2. The van der Waals surface area contributed by atoms with E-state index in [4.69, 9.17) is 9.47 Å². The van der Waals surface area contributed by atoms with Crippen LogP contribution >= 0.6 is 0 Å². The summed E-state index contributed by atoms with van der Waals surface area (Å²) in [6, 6.07) is 6.54. The molecule has 29 heavy (non-hydrogen) atoms. The normalized spacial score (nSPS) is 20.7. The molecule has 164 valence electrons. The minimum atomic E-state index is -0.545. The predicted molar refractivity (Wildman–Crippen MR) is 115 cm³/mol. The van der Waals surface area contributed by atoms with Crippen LogP contribution in [0.3, 0.4) is 0 Å². The van der Waals surface area contributed by atoms with Crippen molar-refractivity contribution in [3.05, 3.63) is 23.8 Å². The highest BCUT2D eigenvalue weighted by molar-refractivity contribution is 5.40. The van der Waals surface area contributed by atoms with Crippen molar-refractivity contribution in [1.82, 2.24) is 9.80 Å². The summed E-state index contributed by atoms with van der Waals surface area (Å²) in [4.78, 5) is 4.63. The second-order valence-corrected chi connectivity index (χ2v) is 8.68. The van der Waals surface area contributed by atoms with Gasteiger partial charge in [0.05, 0.1) is 13.2 Å². The molecule has 6 heteroatoms. The van der Waals surface area contributed by atoms with Gasteiger partial charge in [-0.05, 0) is 50.9 Å². The molecule has 1 aliphatic carbocycles. The molecule has 1 aromatic rings. The first-order valence-corrected chi connectivity index (χ1v) is 11.1. The number of piperidine rings is 1. The SMILES string of the molecule is COc1ccc(OC[C@H](O)CN2CCC(O)CC2)c(CN(C)C2CCCCC2)c1. The van der Waals surface area contributed by atoms with Gasteiger partial charge in [0.15, 0.2) is 0 Å². The molecule has 0 spiro atoms. The van der Waals surface area contributed by atoms with Crippen LogP contribution in [0.2, 0.25) is 0 Å². The Balaban J connectivity index is 1.56. The van der Waals surface area contributed by atoms with E-state index >= 15 is 0 Å². The Bertz CT molecular complexity index is 613. The highest BCUT2D eigenvalue weighted by Gasteiger charge is 2.21. The standard InChI is InChI=1S/C23H38N2O4/c1-24(19-6-4-3-5-7-19)15-18-14-22(28-2)8-9-23(18)29-17-21(27)16-25-12-10-20(26)11-13-25/h8-9,14,19-21,26-27H,3-7,10-13,15-17H2,1-2H3/t21-/m1/s1. The van der Waals surface area contributed by atoms with E-state index < -0.39 is 6.10 Å². The minimum Gasteiger partial charge on any atom is -0.497 e. The average molecular weight is 407 g/mol. The van der Waals surface area contributed by atoms with Crippen LogP contribution < -0.4 is 9.47 Å². The van der Waals surface area contributed by atoms with Crippen molar-refractivity contribution < 1.29 is 19.7 Å². The molecule has 1 saturated carbocycles. The van der Waals surface area contributed by atoms with Crippen LogP contribution in [0, 0.1) is 0 Å². The fourth-order valence-electron chi connectivity index (χ4n) is 4.51. The number of rotatable bonds is 9. The van der Waals surface area contributed by atoms with Gasteiger partial charge in [-0.25, -0.2) is 0 Å². The Kier molecular flexibility index (Phi) is 8.60. The highest BCUT2D eigenvalue weighted by atomic mass is 16.5. The first-order valence-electron chi connectivity index (χ1n) is 11.1. The van der Waals surface area contributed by atoms with Gasteiger partial charge in [0, 0.05) is 37.8 Å². The average Bonchev–Trinajstić information content (AvgIpc) is 2.75. The van der Waals surface area contributed by atoms with E-state index in [1.54, 1.807) is 7.11 Å². The summed E-state index contributed by atoms with van der Waals surface area (Å²) in [5.41, 5.74) is 1.10. The Morgan fingerprint density at radius 3 is 2.55 bits per heavy atom. The molecular formula is C23H38N2O4. The van der Waals surface area contributed by atoms with E-state index in [0.29, 0.717) is 12.6 Å². The van der Waals surface area contributed by atoms with Gasteiger partial charge in [-0.2, -0.15) is 0 Å². The minimum absolute atomic E-state index is 0.192. The monoisotopic (exact) mass is 406 g/mol. The predicted octanol–water partition coefficient (Wildman–Crippen LogP) is 2.66. The number of aliphatic hydroxyl groups is 2. The Morgan fingerprint density at radius 1 is 1.14 bits per heavy atom. The molecule has 1 aliphatic heterocycles. The van der Waals surface area contributed by atoms with Crippen LogP contribution in [0.5, 0.6) is 11.5 Å². The number of nitrogens with zero attached hydrogens (tertiary/aromatic N) is 2. The number of ether oxygens (including phenoxy) is 2. The fraction of sp³-hybridized carbons (Fsp3) is 0.739. The zero-order valence-corrected chi connectivity index (χ0v) is 18.1. The molecular weight excluding hydrogens is 368 g/mol. The summed E-state index contributed by atoms with van der Waals surface area (Å²) in [6.07, 6.45) is 7.34. The van der Waals surface area contributed by atoms with Gasteiger partial charge >= 0.3 is 0 Å². The lowest BCUT2D eigenvalue weighted by Crippen LogP contribution is -2.41. The number of aliphatic hydroxyl groups excluding tert-OH is 2. The molecule has 0 radical (unpaired) electrons. The molecule has 0 amide bonds. The third kappa shape index (κ3) is 6.85. The fourth-order valence-corrected chi connectivity index (χ4v) is 4.51. The molecule has 2 fully saturated rings. The topological polar surface area (TPSA) is 65.4 Å². The summed E-state index contributed by atoms with van der Waals surface area (Å²) in [5.74, 6) is 1.65. The molecule has 2 aliphatic rings. The lowest BCUT2D eigenvalue weighted by molar-refractivity contribution is 0.0334. The van der Waals surface area contributed by atoms with E-state index in [9.17, 15) is 10.2 Å². The summed E-state index contributed by atoms with van der Waals surface area (Å²) < 4.78 is 11.5. The lowest BCUT2D eigenvalue weighted by Gasteiger charge is -2.32. The first kappa shape index (κ1) is 22.3. The quantitative estimate of drug-likeness (QED) is 0.657. The van der Waals surface area contributed by atoms with Crippen LogP contribution in [0.1, 0.15) is 50.5 Å². The summed E-state index contributed by atoms with van der Waals surface area (Å²) in [6.45, 7) is 3.33. The van der Waals surface area contributed by atoms with E-state index in [-0.39, 0.29) is 12.7 Å². The number of hydrogen-bond acceptors (Lipinski definition) is 6.